The van der Waals surface area contributed by atoms with Gasteiger partial charge in [0.15, 0.2) is 5.78 Å². The number of nitrogen functional groups attached to an aromatic ring is 1. The highest BCUT2D eigenvalue weighted by atomic mass is 19.1. The molecule has 18 heavy (non-hydrogen) atoms. The molecule has 0 radical (unpaired) electrons. The number of benzene rings is 1. The lowest BCUT2D eigenvalue weighted by Crippen LogP contribution is -2.08. The van der Waals surface area contributed by atoms with E-state index in [-0.39, 0.29) is 30.7 Å². The Bertz CT molecular complexity index is 473. The van der Waals surface area contributed by atoms with Crippen molar-refractivity contribution in [3.63, 3.8) is 0 Å². The molecule has 0 aliphatic carbocycles. The van der Waals surface area contributed by atoms with Gasteiger partial charge in [0, 0.05) is 12.5 Å². The van der Waals surface area contributed by atoms with Crippen LogP contribution < -0.4 is 5.73 Å². The number of ketones is 1. The number of phenolic OH excluding ortho intramolecular Hbond substituents is 1. The van der Waals surface area contributed by atoms with Crippen molar-refractivity contribution < 1.29 is 23.8 Å². The number of nitrogens with two attached hydrogens (primary N) is 1. The zero-order valence-corrected chi connectivity index (χ0v) is 9.90. The quantitative estimate of drug-likeness (QED) is 0.361. The molecule has 0 unspecified atom stereocenters. The number of phenols is 1. The van der Waals surface area contributed by atoms with Crippen LogP contribution in [0, 0.1) is 5.82 Å². The van der Waals surface area contributed by atoms with Crippen molar-refractivity contribution in [1.82, 2.24) is 0 Å². The van der Waals surface area contributed by atoms with Gasteiger partial charge in [-0.25, -0.2) is 4.39 Å². The van der Waals surface area contributed by atoms with E-state index in [1.165, 1.54) is 0 Å². The second-order valence-electron chi connectivity index (χ2n) is 3.62. The van der Waals surface area contributed by atoms with Crippen LogP contribution in [-0.4, -0.2) is 23.5 Å². The molecule has 1 rings (SSSR count). The summed E-state index contributed by atoms with van der Waals surface area (Å²) in [6, 6.07) is 1.80. The molecule has 0 heterocycles. The summed E-state index contributed by atoms with van der Waals surface area (Å²) < 4.78 is 17.7. The molecular formula is C12H14FNO4. The molecule has 0 bridgehead atoms. The highest BCUT2D eigenvalue weighted by Gasteiger charge is 2.16. The maximum Gasteiger partial charge on any atom is 0.306 e. The maximum atomic E-state index is 13.1. The number of carbonyl (C=O) groups excluding carboxylic acids is 2. The molecule has 1 aromatic carbocycles. The van der Waals surface area contributed by atoms with Gasteiger partial charge < -0.3 is 15.6 Å². The van der Waals surface area contributed by atoms with E-state index in [4.69, 9.17) is 5.73 Å². The van der Waals surface area contributed by atoms with Gasteiger partial charge in [-0.05, 0) is 13.0 Å². The first-order valence-corrected chi connectivity index (χ1v) is 5.42. The van der Waals surface area contributed by atoms with E-state index in [1.807, 2.05) is 0 Å². The Morgan fingerprint density at radius 3 is 2.67 bits per heavy atom. The number of ether oxygens (including phenoxy) is 1. The fraction of sp³-hybridized carbons (Fsp3) is 0.333. The fourth-order valence-electron chi connectivity index (χ4n) is 1.42. The average molecular weight is 255 g/mol. The number of hydrogen-bond donors (Lipinski definition) is 2. The van der Waals surface area contributed by atoms with E-state index in [2.05, 4.69) is 4.74 Å². The number of aromatic hydroxyl groups is 1. The van der Waals surface area contributed by atoms with Crippen molar-refractivity contribution >= 4 is 17.4 Å². The minimum atomic E-state index is -0.718. The molecule has 0 aliphatic rings. The van der Waals surface area contributed by atoms with Crippen LogP contribution in [0.25, 0.3) is 0 Å². The molecular weight excluding hydrogens is 241 g/mol. The summed E-state index contributed by atoms with van der Waals surface area (Å²) in [5.74, 6) is -2.27. The van der Waals surface area contributed by atoms with Crippen LogP contribution in [0.4, 0.5) is 10.1 Å². The summed E-state index contributed by atoms with van der Waals surface area (Å²) in [4.78, 5) is 22.8. The molecule has 0 saturated heterocycles. The molecule has 1 aromatic rings. The lowest BCUT2D eigenvalue weighted by Gasteiger charge is -2.06. The standard InChI is InChI=1S/C12H14FNO4/c1-2-18-11(16)4-3-10(15)8-5-7(13)6-9(14)12(8)17/h5-6,17H,2-4,14H2,1H3. The topological polar surface area (TPSA) is 89.6 Å². The van der Waals surface area contributed by atoms with Crippen molar-refractivity contribution in [2.45, 2.75) is 19.8 Å². The fourth-order valence-corrected chi connectivity index (χ4v) is 1.42. The van der Waals surface area contributed by atoms with Gasteiger partial charge >= 0.3 is 5.97 Å². The predicted molar refractivity (Wildman–Crippen MR) is 62.7 cm³/mol. The van der Waals surface area contributed by atoms with Crippen LogP contribution in [0.5, 0.6) is 5.75 Å². The minimum Gasteiger partial charge on any atom is -0.505 e. The summed E-state index contributed by atoms with van der Waals surface area (Å²) in [5.41, 5.74) is 4.89. The summed E-state index contributed by atoms with van der Waals surface area (Å²) in [7, 11) is 0. The highest BCUT2D eigenvalue weighted by molar-refractivity contribution is 6.01. The minimum absolute atomic E-state index is 0.122. The molecule has 0 amide bonds. The summed E-state index contributed by atoms with van der Waals surface area (Å²) in [5, 5.41) is 9.53. The van der Waals surface area contributed by atoms with Gasteiger partial charge in [-0.1, -0.05) is 0 Å². The number of rotatable bonds is 5. The third kappa shape index (κ3) is 3.44. The third-order valence-electron chi connectivity index (χ3n) is 2.27. The van der Waals surface area contributed by atoms with Gasteiger partial charge in [-0.15, -0.1) is 0 Å². The van der Waals surface area contributed by atoms with Crippen molar-refractivity contribution in [2.75, 3.05) is 12.3 Å². The van der Waals surface area contributed by atoms with E-state index in [9.17, 15) is 19.1 Å². The second kappa shape index (κ2) is 6.00. The van der Waals surface area contributed by atoms with Gasteiger partial charge in [0.1, 0.15) is 11.6 Å². The summed E-state index contributed by atoms with van der Waals surface area (Å²) in [6.07, 6.45) is -0.294. The van der Waals surface area contributed by atoms with Crippen molar-refractivity contribution in [3.8, 4) is 5.75 Å². The number of carbonyl (C=O) groups is 2. The number of esters is 1. The van der Waals surface area contributed by atoms with Gasteiger partial charge in [0.2, 0.25) is 0 Å². The third-order valence-corrected chi connectivity index (χ3v) is 2.27. The van der Waals surface area contributed by atoms with E-state index in [1.54, 1.807) is 6.92 Å². The predicted octanol–water partition coefficient (Wildman–Crippen LogP) is 1.64. The zero-order valence-electron chi connectivity index (χ0n) is 9.90. The Balaban J connectivity index is 2.76. The van der Waals surface area contributed by atoms with Crippen molar-refractivity contribution in [1.29, 1.82) is 0 Å². The van der Waals surface area contributed by atoms with Crippen LogP contribution in [0.3, 0.4) is 0 Å². The smallest absolute Gasteiger partial charge is 0.306 e. The SMILES string of the molecule is CCOC(=O)CCC(=O)c1cc(F)cc(N)c1O. The Labute approximate surface area is 103 Å². The normalized spacial score (nSPS) is 10.1. The van der Waals surface area contributed by atoms with E-state index in [0.29, 0.717) is 0 Å². The second-order valence-corrected chi connectivity index (χ2v) is 3.62. The Morgan fingerprint density at radius 2 is 2.06 bits per heavy atom. The first-order chi connectivity index (χ1) is 8.45. The van der Waals surface area contributed by atoms with Gasteiger partial charge in [-0.3, -0.25) is 9.59 Å². The molecule has 98 valence electrons. The molecule has 6 heteroatoms. The molecule has 0 spiro atoms. The molecule has 0 atom stereocenters. The number of anilines is 1. The van der Waals surface area contributed by atoms with Gasteiger partial charge in [0.05, 0.1) is 24.3 Å². The zero-order chi connectivity index (χ0) is 13.7. The highest BCUT2D eigenvalue weighted by Crippen LogP contribution is 2.27. The number of halogens is 1. The molecule has 0 aliphatic heterocycles. The van der Waals surface area contributed by atoms with E-state index < -0.39 is 23.3 Å². The van der Waals surface area contributed by atoms with Crippen LogP contribution in [0.15, 0.2) is 12.1 Å². The van der Waals surface area contributed by atoms with Gasteiger partial charge in [-0.2, -0.15) is 0 Å². The molecule has 5 nitrogen and oxygen atoms in total. The summed E-state index contributed by atoms with van der Waals surface area (Å²) >= 11 is 0. The Kier molecular flexibility index (Phi) is 4.65. The lowest BCUT2D eigenvalue weighted by atomic mass is 10.0. The largest absolute Gasteiger partial charge is 0.505 e. The Morgan fingerprint density at radius 1 is 1.39 bits per heavy atom. The maximum absolute atomic E-state index is 13.1. The van der Waals surface area contributed by atoms with E-state index in [0.717, 1.165) is 12.1 Å². The van der Waals surface area contributed by atoms with Crippen molar-refractivity contribution in [2.24, 2.45) is 0 Å². The summed E-state index contributed by atoms with van der Waals surface area (Å²) in [6.45, 7) is 1.88. The van der Waals surface area contributed by atoms with Crippen LogP contribution in [0.2, 0.25) is 0 Å². The van der Waals surface area contributed by atoms with Gasteiger partial charge in [0.25, 0.3) is 0 Å². The Hall–Kier alpha value is -2.11. The van der Waals surface area contributed by atoms with Crippen LogP contribution in [0.1, 0.15) is 30.1 Å². The molecule has 0 saturated carbocycles. The monoisotopic (exact) mass is 255 g/mol. The lowest BCUT2D eigenvalue weighted by molar-refractivity contribution is -0.143. The first-order valence-electron chi connectivity index (χ1n) is 5.42. The van der Waals surface area contributed by atoms with E-state index >= 15 is 0 Å². The number of Topliss-reactive ketones (excluding diaryl/α,β-unsaturated/α-hetero) is 1. The molecule has 0 aromatic heterocycles. The first kappa shape index (κ1) is 14.0. The molecule has 3 N–H and O–H groups in total. The van der Waals surface area contributed by atoms with Crippen LogP contribution >= 0.6 is 0 Å². The van der Waals surface area contributed by atoms with Crippen molar-refractivity contribution in [3.05, 3.63) is 23.5 Å². The number of hydrogen-bond acceptors (Lipinski definition) is 5. The van der Waals surface area contributed by atoms with Crippen LogP contribution in [-0.2, 0) is 9.53 Å². The molecule has 0 fully saturated rings. The average Bonchev–Trinajstić information content (AvgIpc) is 2.31.